The number of esters is 1. The van der Waals surface area contributed by atoms with E-state index in [0.29, 0.717) is 6.42 Å². The van der Waals surface area contributed by atoms with Gasteiger partial charge in [-0.05, 0) is 70.6 Å². The van der Waals surface area contributed by atoms with Gasteiger partial charge in [-0.2, -0.15) is 0 Å². The smallest absolute Gasteiger partial charge is 0.306 e. The Morgan fingerprint density at radius 3 is 1.36 bits per heavy atom. The lowest BCUT2D eigenvalue weighted by Gasteiger charge is -2.18. The fourth-order valence-corrected chi connectivity index (χ4v) is 5.98. The highest BCUT2D eigenvalue weighted by Crippen LogP contribution is 2.19. The van der Waals surface area contributed by atoms with E-state index in [4.69, 9.17) is 9.84 Å². The highest BCUT2D eigenvalue weighted by molar-refractivity contribution is 5.69. The second kappa shape index (κ2) is 36.9. The van der Waals surface area contributed by atoms with Gasteiger partial charge in [0.25, 0.3) is 0 Å². The third-order valence-electron chi connectivity index (χ3n) is 8.93. The minimum atomic E-state index is -0.700. The molecule has 0 aromatic rings. The maximum Gasteiger partial charge on any atom is 0.306 e. The summed E-state index contributed by atoms with van der Waals surface area (Å²) in [5, 5.41) is 8.81. The van der Waals surface area contributed by atoms with Crippen LogP contribution in [0.3, 0.4) is 0 Å². The predicted octanol–water partition coefficient (Wildman–Crippen LogP) is 13.6. The topological polar surface area (TPSA) is 63.6 Å². The number of aliphatic carboxylic acids is 1. The summed E-state index contributed by atoms with van der Waals surface area (Å²) >= 11 is 0. The lowest BCUT2D eigenvalue weighted by Crippen LogP contribution is -2.18. The first-order valence-electron chi connectivity index (χ1n) is 19.8. The largest absolute Gasteiger partial charge is 0.481 e. The molecule has 0 saturated carbocycles. The van der Waals surface area contributed by atoms with E-state index < -0.39 is 5.97 Å². The number of carbonyl (C=O) groups excluding carboxylic acids is 1. The molecule has 1 atom stereocenters. The van der Waals surface area contributed by atoms with Crippen molar-refractivity contribution in [2.45, 2.75) is 225 Å². The molecule has 4 heteroatoms. The quantitative estimate of drug-likeness (QED) is 0.0424. The minimum absolute atomic E-state index is 0.00826. The molecule has 0 aromatic carbocycles. The van der Waals surface area contributed by atoms with E-state index in [1.807, 2.05) is 0 Å². The van der Waals surface area contributed by atoms with Gasteiger partial charge in [-0.15, -0.1) is 0 Å². The molecule has 0 fully saturated rings. The first-order valence-corrected chi connectivity index (χ1v) is 19.8. The predicted molar refractivity (Wildman–Crippen MR) is 195 cm³/mol. The van der Waals surface area contributed by atoms with Crippen LogP contribution in [0.1, 0.15) is 219 Å². The van der Waals surface area contributed by atoms with Crippen LogP contribution in [0.4, 0.5) is 0 Å². The third-order valence-corrected chi connectivity index (χ3v) is 8.93. The van der Waals surface area contributed by atoms with Crippen molar-refractivity contribution in [2.24, 2.45) is 0 Å². The molecule has 1 N–H and O–H groups in total. The number of carbonyl (C=O) groups is 2. The normalized spacial score (nSPS) is 12.4. The average Bonchev–Trinajstić information content (AvgIpc) is 3.02. The number of unbranched alkanes of at least 4 members (excludes halogenated alkanes) is 23. The van der Waals surface area contributed by atoms with Crippen LogP contribution < -0.4 is 0 Å². The van der Waals surface area contributed by atoms with Gasteiger partial charge < -0.3 is 9.84 Å². The van der Waals surface area contributed by atoms with Crippen LogP contribution in [0.5, 0.6) is 0 Å². The molecule has 45 heavy (non-hydrogen) atoms. The molecule has 0 bridgehead atoms. The molecule has 0 amide bonds. The van der Waals surface area contributed by atoms with Crippen molar-refractivity contribution in [1.29, 1.82) is 0 Å². The standard InChI is InChI=1S/C41H76O4/c1-3-5-7-9-11-13-15-17-18-19-21-23-25-30-34-38-41(44)45-39(36-32-28-26-29-33-37-40(42)43)35-31-27-24-22-20-16-14-12-10-8-6-4-2/h11,13,17-18,39H,3-10,12,14-16,19-38H2,1-2H3,(H,42,43)/b13-11-,18-17-. The molecule has 0 radical (unpaired) electrons. The molecular weight excluding hydrogens is 556 g/mol. The summed E-state index contributed by atoms with van der Waals surface area (Å²) in [4.78, 5) is 23.4. The lowest BCUT2D eigenvalue weighted by atomic mass is 10.0. The molecule has 0 aromatic heterocycles. The molecule has 0 aliphatic rings. The zero-order chi connectivity index (χ0) is 32.9. The van der Waals surface area contributed by atoms with Crippen molar-refractivity contribution in [3.05, 3.63) is 24.3 Å². The number of hydrogen-bond donors (Lipinski definition) is 1. The Balaban J connectivity index is 4.05. The van der Waals surface area contributed by atoms with Crippen molar-refractivity contribution in [3.63, 3.8) is 0 Å². The van der Waals surface area contributed by atoms with Crippen molar-refractivity contribution in [2.75, 3.05) is 0 Å². The number of carboxylic acid groups (broad SMARTS) is 1. The van der Waals surface area contributed by atoms with Gasteiger partial charge in [0, 0.05) is 12.8 Å². The van der Waals surface area contributed by atoms with E-state index in [1.165, 1.54) is 116 Å². The van der Waals surface area contributed by atoms with Gasteiger partial charge in [0.2, 0.25) is 0 Å². The summed E-state index contributed by atoms with van der Waals surface area (Å²) in [5.74, 6) is -0.709. The maximum absolute atomic E-state index is 12.7. The summed E-state index contributed by atoms with van der Waals surface area (Å²) in [6, 6.07) is 0. The van der Waals surface area contributed by atoms with E-state index in [1.54, 1.807) is 0 Å². The summed E-state index contributed by atoms with van der Waals surface area (Å²) < 4.78 is 6.00. The second-order valence-corrected chi connectivity index (χ2v) is 13.5. The monoisotopic (exact) mass is 633 g/mol. The summed E-state index contributed by atoms with van der Waals surface area (Å²) in [5.41, 5.74) is 0. The molecule has 0 rings (SSSR count). The van der Waals surface area contributed by atoms with E-state index in [0.717, 1.165) is 77.0 Å². The van der Waals surface area contributed by atoms with Crippen LogP contribution in [-0.4, -0.2) is 23.1 Å². The van der Waals surface area contributed by atoms with Crippen LogP contribution in [0, 0.1) is 0 Å². The van der Waals surface area contributed by atoms with Crippen LogP contribution in [-0.2, 0) is 14.3 Å². The van der Waals surface area contributed by atoms with Crippen molar-refractivity contribution < 1.29 is 19.4 Å². The highest BCUT2D eigenvalue weighted by Gasteiger charge is 2.14. The van der Waals surface area contributed by atoms with Gasteiger partial charge in [0.1, 0.15) is 6.10 Å². The lowest BCUT2D eigenvalue weighted by molar-refractivity contribution is -0.150. The van der Waals surface area contributed by atoms with E-state index in [9.17, 15) is 9.59 Å². The number of carboxylic acids is 1. The minimum Gasteiger partial charge on any atom is -0.481 e. The Kier molecular flexibility index (Phi) is 35.6. The van der Waals surface area contributed by atoms with Crippen LogP contribution >= 0.6 is 0 Å². The van der Waals surface area contributed by atoms with Crippen molar-refractivity contribution in [3.8, 4) is 0 Å². The van der Waals surface area contributed by atoms with Gasteiger partial charge in [-0.1, -0.05) is 160 Å². The van der Waals surface area contributed by atoms with E-state index in [2.05, 4.69) is 38.2 Å². The number of hydrogen-bond acceptors (Lipinski definition) is 3. The summed E-state index contributed by atoms with van der Waals surface area (Å²) in [7, 11) is 0. The Morgan fingerprint density at radius 2 is 0.867 bits per heavy atom. The molecule has 0 aliphatic heterocycles. The molecule has 0 spiro atoms. The zero-order valence-corrected chi connectivity index (χ0v) is 30.2. The first-order chi connectivity index (χ1) is 22.1. The molecule has 0 saturated heterocycles. The first kappa shape index (κ1) is 43.4. The van der Waals surface area contributed by atoms with Crippen molar-refractivity contribution in [1.82, 2.24) is 0 Å². The van der Waals surface area contributed by atoms with Crippen molar-refractivity contribution >= 4 is 11.9 Å². The Morgan fingerprint density at radius 1 is 0.489 bits per heavy atom. The van der Waals surface area contributed by atoms with Gasteiger partial charge in [-0.25, -0.2) is 0 Å². The van der Waals surface area contributed by atoms with E-state index in [-0.39, 0.29) is 18.5 Å². The van der Waals surface area contributed by atoms with Crippen LogP contribution in [0.2, 0.25) is 0 Å². The number of ether oxygens (including phenoxy) is 1. The third kappa shape index (κ3) is 36.8. The summed E-state index contributed by atoms with van der Waals surface area (Å²) in [6.45, 7) is 4.53. The zero-order valence-electron chi connectivity index (χ0n) is 30.2. The SMILES string of the molecule is CCCCC/C=C\C/C=C\CCCCCCCC(=O)OC(CCCCCCCCCCCCCC)CCCCCCCC(=O)O. The molecule has 4 nitrogen and oxygen atoms in total. The van der Waals surface area contributed by atoms with E-state index >= 15 is 0 Å². The van der Waals surface area contributed by atoms with Crippen LogP contribution in [0.25, 0.3) is 0 Å². The second-order valence-electron chi connectivity index (χ2n) is 13.5. The fourth-order valence-electron chi connectivity index (χ4n) is 5.98. The van der Waals surface area contributed by atoms with Gasteiger partial charge in [0.15, 0.2) is 0 Å². The summed E-state index contributed by atoms with van der Waals surface area (Å²) in [6.07, 6.45) is 46.2. The molecule has 0 heterocycles. The number of rotatable bonds is 36. The molecule has 1 unspecified atom stereocenters. The Labute approximate surface area is 280 Å². The number of allylic oxidation sites excluding steroid dienone is 4. The van der Waals surface area contributed by atoms with Gasteiger partial charge in [-0.3, -0.25) is 9.59 Å². The highest BCUT2D eigenvalue weighted by atomic mass is 16.5. The molecular formula is C41H76O4. The fraction of sp³-hybridized carbons (Fsp3) is 0.854. The average molecular weight is 633 g/mol. The Hall–Kier alpha value is -1.58. The van der Waals surface area contributed by atoms with Gasteiger partial charge >= 0.3 is 11.9 Å². The molecule has 0 aliphatic carbocycles. The maximum atomic E-state index is 12.7. The Bertz CT molecular complexity index is 683. The van der Waals surface area contributed by atoms with Crippen LogP contribution in [0.15, 0.2) is 24.3 Å². The molecule has 264 valence electrons. The van der Waals surface area contributed by atoms with Gasteiger partial charge in [0.05, 0.1) is 0 Å².